The van der Waals surface area contributed by atoms with Gasteiger partial charge in [0, 0.05) is 71.3 Å². The summed E-state index contributed by atoms with van der Waals surface area (Å²) in [4.78, 5) is 33.9. The monoisotopic (exact) mass is 936 g/mol. The summed E-state index contributed by atoms with van der Waals surface area (Å²) in [5.41, 5.74) is 1.75. The Balaban J connectivity index is 1.20. The standard InChI is InChI=1S/C43H30F10N4O5S2/c44-63(45,46,47,48)31-10-6-29(7-11-31)61-42-33(3-1-17-54-42)26-4-14-34-38(22-26)56-37(24-41(34)60)28-21-36(27-5-15-35-39(23-27)57(18-2-20-58)19-16-40(35)59)43(55-25-28)62-30-8-12-32(13-9-30)64(49,50,51,52)53/h1,3-17,19,21-25,58H,2,18,20H2,(H,56,60). The quantitative estimate of drug-likeness (QED) is 0.117. The van der Waals surface area contributed by atoms with Crippen LogP contribution >= 0.6 is 20.4 Å². The second kappa shape index (κ2) is 14.1. The highest BCUT2D eigenvalue weighted by Crippen LogP contribution is 3.02. The molecule has 0 atom stereocenters. The highest BCUT2D eigenvalue weighted by molar-refractivity contribution is 8.46. The van der Waals surface area contributed by atoms with Gasteiger partial charge in [-0.3, -0.25) is 9.59 Å². The second-order valence-electron chi connectivity index (χ2n) is 14.5. The Bertz CT molecular complexity index is 3280. The maximum absolute atomic E-state index is 13.6. The molecule has 9 nitrogen and oxygen atoms in total. The molecule has 0 saturated carbocycles. The normalized spacial score (nSPS) is 14.4. The van der Waals surface area contributed by atoms with Crippen LogP contribution in [0.1, 0.15) is 6.42 Å². The summed E-state index contributed by atoms with van der Waals surface area (Å²) < 4.78 is 147. The van der Waals surface area contributed by atoms with Crippen LogP contribution in [-0.4, -0.2) is 31.2 Å². The van der Waals surface area contributed by atoms with E-state index in [1.807, 2.05) is 0 Å². The summed E-state index contributed by atoms with van der Waals surface area (Å²) in [6.45, 7) is 0.178. The number of benzene rings is 4. The largest absolute Gasteiger partial charge is 0.438 e. The number of aromatic amines is 1. The van der Waals surface area contributed by atoms with E-state index in [2.05, 4.69) is 15.0 Å². The minimum absolute atomic E-state index is 0.106. The maximum atomic E-state index is 13.6. The number of halogens is 10. The van der Waals surface area contributed by atoms with E-state index in [4.69, 9.17) is 9.47 Å². The Morgan fingerprint density at radius 3 is 1.77 bits per heavy atom. The van der Waals surface area contributed by atoms with E-state index in [9.17, 15) is 53.6 Å². The van der Waals surface area contributed by atoms with Gasteiger partial charge in [-0.05, 0) is 109 Å². The van der Waals surface area contributed by atoms with Gasteiger partial charge in [-0.2, -0.15) is 0 Å². The van der Waals surface area contributed by atoms with Gasteiger partial charge < -0.3 is 24.1 Å². The smallest absolute Gasteiger partial charge is 0.310 e. The Morgan fingerprint density at radius 2 is 1.17 bits per heavy atom. The summed E-state index contributed by atoms with van der Waals surface area (Å²) in [6.07, 6.45) is 4.51. The van der Waals surface area contributed by atoms with Gasteiger partial charge in [-0.25, -0.2) is 9.97 Å². The van der Waals surface area contributed by atoms with E-state index in [-0.39, 0.29) is 87.3 Å². The van der Waals surface area contributed by atoms with Gasteiger partial charge in [0.25, 0.3) is 0 Å². The predicted molar refractivity (Wildman–Crippen MR) is 226 cm³/mol. The third-order valence-electron chi connectivity index (χ3n) is 9.89. The van der Waals surface area contributed by atoms with Crippen molar-refractivity contribution < 1.29 is 53.4 Å². The van der Waals surface area contributed by atoms with Gasteiger partial charge in [-0.15, -0.1) is 0 Å². The lowest BCUT2D eigenvalue weighted by molar-refractivity contribution is 0.280. The first-order valence-electron chi connectivity index (χ1n) is 18.6. The topological polar surface area (TPSA) is 119 Å². The van der Waals surface area contributed by atoms with Crippen LogP contribution in [0.25, 0.3) is 55.3 Å². The molecule has 4 aromatic heterocycles. The lowest BCUT2D eigenvalue weighted by Crippen LogP contribution is -2.09. The minimum Gasteiger partial charge on any atom is -0.438 e. The number of aliphatic hydroxyl groups is 1. The Labute approximate surface area is 354 Å². The summed E-state index contributed by atoms with van der Waals surface area (Å²) in [6, 6.07) is 20.3. The number of hydrogen-bond acceptors (Lipinski definition) is 7. The molecule has 8 rings (SSSR count). The van der Waals surface area contributed by atoms with Crippen LogP contribution in [0.4, 0.5) is 38.9 Å². The molecule has 0 unspecified atom stereocenters. The number of hydrogen-bond donors (Lipinski definition) is 2. The van der Waals surface area contributed by atoms with E-state index in [0.717, 1.165) is 12.1 Å². The molecular weight excluding hydrogens is 907 g/mol. The molecule has 4 aromatic carbocycles. The fourth-order valence-corrected chi connectivity index (χ4v) is 8.12. The molecule has 0 spiro atoms. The van der Waals surface area contributed by atoms with Gasteiger partial charge in [0.05, 0.1) is 16.7 Å². The molecular formula is C43H30F10N4O5S2. The number of aryl methyl sites for hydroxylation is 1. The van der Waals surface area contributed by atoms with E-state index in [1.165, 1.54) is 36.7 Å². The minimum atomic E-state index is -10.0. The van der Waals surface area contributed by atoms with Crippen molar-refractivity contribution >= 4 is 42.3 Å². The number of nitrogens with one attached hydrogen (secondary N) is 1. The molecule has 334 valence electrons. The molecule has 64 heavy (non-hydrogen) atoms. The van der Waals surface area contributed by atoms with Crippen molar-refractivity contribution in [2.24, 2.45) is 0 Å². The van der Waals surface area contributed by atoms with Gasteiger partial charge >= 0.3 is 20.4 Å². The number of aromatic nitrogens is 4. The van der Waals surface area contributed by atoms with Crippen LogP contribution < -0.4 is 20.3 Å². The predicted octanol–water partition coefficient (Wildman–Crippen LogP) is 13.9. The van der Waals surface area contributed by atoms with Crippen LogP contribution in [0.5, 0.6) is 23.3 Å². The SMILES string of the molecule is O=c1cc(-c2cnc(Oc3ccc(S(F)(F)(F)(F)F)cc3)c(-c3ccc4c(=O)ccn(CCCO)c4c3)c2)[nH]c2cc(-c3cccnc3Oc3ccc(S(F)(F)(F)(F)F)cc3)ccc12. The molecule has 0 radical (unpaired) electrons. The molecule has 0 aliphatic heterocycles. The number of rotatable bonds is 12. The van der Waals surface area contributed by atoms with Gasteiger partial charge in [-0.1, -0.05) is 51.0 Å². The summed E-state index contributed by atoms with van der Waals surface area (Å²) >= 11 is 0. The number of aliphatic hydroxyl groups excluding tert-OH is 1. The highest BCUT2D eigenvalue weighted by Gasteiger charge is 2.66. The summed E-state index contributed by atoms with van der Waals surface area (Å²) in [5.74, 6) is -0.802. The molecule has 8 aromatic rings. The van der Waals surface area contributed by atoms with Crippen molar-refractivity contribution in [1.29, 1.82) is 0 Å². The average Bonchev–Trinajstić information content (AvgIpc) is 3.22. The number of nitrogens with zero attached hydrogens (tertiary/aromatic N) is 3. The van der Waals surface area contributed by atoms with Crippen molar-refractivity contribution in [2.75, 3.05) is 6.61 Å². The van der Waals surface area contributed by atoms with Crippen molar-refractivity contribution in [3.05, 3.63) is 154 Å². The van der Waals surface area contributed by atoms with Crippen LogP contribution in [-0.2, 0) is 6.54 Å². The van der Waals surface area contributed by atoms with Crippen molar-refractivity contribution in [3.63, 3.8) is 0 Å². The zero-order chi connectivity index (χ0) is 46.0. The first-order chi connectivity index (χ1) is 29.7. The van der Waals surface area contributed by atoms with E-state index >= 15 is 0 Å². The summed E-state index contributed by atoms with van der Waals surface area (Å²) in [5, 5.41) is 10.0. The van der Waals surface area contributed by atoms with Crippen LogP contribution in [0.15, 0.2) is 153 Å². The van der Waals surface area contributed by atoms with Gasteiger partial charge in [0.1, 0.15) is 21.3 Å². The molecule has 0 saturated heterocycles. The Hall–Kier alpha value is -6.84. The number of pyridine rings is 4. The number of H-pyrrole nitrogens is 1. The second-order valence-corrected chi connectivity index (χ2v) is 19.3. The summed E-state index contributed by atoms with van der Waals surface area (Å²) in [7, 11) is -19.9. The van der Waals surface area contributed by atoms with E-state index < -0.39 is 35.7 Å². The molecule has 0 fully saturated rings. The molecule has 2 N–H and O–H groups in total. The fraction of sp³-hybridized carbons (Fsp3) is 0.0698. The third kappa shape index (κ3) is 9.26. The van der Waals surface area contributed by atoms with Gasteiger partial charge in [0.2, 0.25) is 11.8 Å². The van der Waals surface area contributed by atoms with Crippen molar-refractivity contribution in [1.82, 2.24) is 19.5 Å². The molecule has 0 amide bonds. The van der Waals surface area contributed by atoms with E-state index in [0.29, 0.717) is 52.7 Å². The molecule has 4 heterocycles. The Kier molecular flexibility index (Phi) is 9.64. The molecule has 21 heteroatoms. The molecule has 0 aliphatic carbocycles. The van der Waals surface area contributed by atoms with Crippen molar-refractivity contribution in [2.45, 2.75) is 22.8 Å². The molecule has 0 aliphatic rings. The van der Waals surface area contributed by atoms with E-state index in [1.54, 1.807) is 53.2 Å². The van der Waals surface area contributed by atoms with Crippen LogP contribution in [0.2, 0.25) is 0 Å². The zero-order valence-corrected chi connectivity index (χ0v) is 34.0. The highest BCUT2D eigenvalue weighted by atomic mass is 32.5. The Morgan fingerprint density at radius 1 is 0.594 bits per heavy atom. The van der Waals surface area contributed by atoms with Crippen LogP contribution in [0.3, 0.4) is 0 Å². The fourth-order valence-electron chi connectivity index (χ4n) is 6.82. The number of fused-ring (bicyclic) bond motifs is 2. The lowest BCUT2D eigenvalue weighted by Gasteiger charge is -2.40. The average molecular weight is 937 g/mol. The van der Waals surface area contributed by atoms with Crippen LogP contribution in [0, 0.1) is 0 Å². The van der Waals surface area contributed by atoms with Gasteiger partial charge in [0.15, 0.2) is 10.9 Å². The zero-order valence-electron chi connectivity index (χ0n) is 32.3. The number of ether oxygens (including phenoxy) is 2. The van der Waals surface area contributed by atoms with Crippen molar-refractivity contribution in [3.8, 4) is 56.8 Å². The molecule has 0 bridgehead atoms. The first-order valence-corrected chi connectivity index (χ1v) is 22.5. The maximum Gasteiger partial charge on any atom is 0.310 e. The lowest BCUT2D eigenvalue weighted by atomic mass is 10.0. The third-order valence-corrected chi connectivity index (χ3v) is 12.2. The first kappa shape index (κ1) is 43.8.